The first-order chi connectivity index (χ1) is 13.6. The molecular weight excluding hydrogens is 382 g/mol. The Bertz CT molecular complexity index is 759. The molecule has 2 atom stereocenters. The largest absolute Gasteiger partial charge is 0.381 e. The number of benzene rings is 1. The van der Waals surface area contributed by atoms with E-state index in [0.29, 0.717) is 24.7 Å². The molecule has 8 heteroatoms. The summed E-state index contributed by atoms with van der Waals surface area (Å²) in [7, 11) is 1.58. The predicted molar refractivity (Wildman–Crippen MR) is 105 cm³/mol. The van der Waals surface area contributed by atoms with E-state index in [-0.39, 0.29) is 18.4 Å². The summed E-state index contributed by atoms with van der Waals surface area (Å²) in [5.41, 5.74) is 3.80. The monoisotopic (exact) mass is 407 g/mol. The van der Waals surface area contributed by atoms with Crippen LogP contribution in [0.2, 0.25) is 5.02 Å². The molecule has 1 saturated heterocycles. The molecule has 1 amide bonds. The number of amides is 1. The molecule has 0 spiro atoms. The van der Waals surface area contributed by atoms with Gasteiger partial charge in [-0.05, 0) is 43.0 Å². The van der Waals surface area contributed by atoms with Crippen LogP contribution in [0.4, 0.5) is 0 Å². The summed E-state index contributed by atoms with van der Waals surface area (Å²) in [6.07, 6.45) is 3.87. The van der Waals surface area contributed by atoms with Gasteiger partial charge >= 0.3 is 0 Å². The molecule has 1 aromatic heterocycles. The quantitative estimate of drug-likeness (QED) is 0.518. The summed E-state index contributed by atoms with van der Waals surface area (Å²) in [5, 5.41) is 14.2. The summed E-state index contributed by atoms with van der Waals surface area (Å²) in [6.45, 7) is 1.43. The Labute approximate surface area is 169 Å². The van der Waals surface area contributed by atoms with Crippen LogP contribution >= 0.6 is 11.6 Å². The van der Waals surface area contributed by atoms with Gasteiger partial charge in [-0.15, -0.1) is 0 Å². The summed E-state index contributed by atoms with van der Waals surface area (Å²) in [6, 6.07) is 9.90. The first-order valence-electron chi connectivity index (χ1n) is 9.43. The van der Waals surface area contributed by atoms with Crippen molar-refractivity contribution >= 4 is 17.5 Å². The Balaban J connectivity index is 1.92. The molecule has 0 saturated carbocycles. The molecule has 2 N–H and O–H groups in total. The zero-order valence-electron chi connectivity index (χ0n) is 15.9. The lowest BCUT2D eigenvalue weighted by molar-refractivity contribution is -0.132. The molecule has 0 unspecified atom stereocenters. The van der Waals surface area contributed by atoms with Gasteiger partial charge in [-0.3, -0.25) is 14.7 Å². The average Bonchev–Trinajstić information content (AvgIpc) is 3.22. The van der Waals surface area contributed by atoms with E-state index in [4.69, 9.17) is 26.3 Å². The second-order valence-electron chi connectivity index (χ2n) is 6.99. The number of hydrogen-bond acceptors (Lipinski definition) is 5. The van der Waals surface area contributed by atoms with Gasteiger partial charge in [0, 0.05) is 43.2 Å². The minimum atomic E-state index is -0.481. The number of methoxy groups -OCH3 is 1. The van der Waals surface area contributed by atoms with Crippen molar-refractivity contribution in [3.8, 4) is 0 Å². The smallest absolute Gasteiger partial charge is 0.245 e. The zero-order valence-corrected chi connectivity index (χ0v) is 16.6. The molecule has 3 rings (SSSR count). The van der Waals surface area contributed by atoms with Crippen LogP contribution in [0.25, 0.3) is 0 Å². The highest BCUT2D eigenvalue weighted by Gasteiger charge is 2.30. The van der Waals surface area contributed by atoms with Crippen LogP contribution < -0.4 is 5.48 Å². The van der Waals surface area contributed by atoms with Crippen molar-refractivity contribution in [2.75, 3.05) is 20.3 Å². The third-order valence-corrected chi connectivity index (χ3v) is 5.50. The fourth-order valence-corrected chi connectivity index (χ4v) is 3.90. The normalized spacial score (nSPS) is 17.2. The number of nitrogens with zero attached hydrogens (tertiary/aromatic N) is 2. The number of hydroxylamine groups is 1. The topological polar surface area (TPSA) is 85.6 Å². The van der Waals surface area contributed by atoms with Crippen LogP contribution in [0.3, 0.4) is 0 Å². The van der Waals surface area contributed by atoms with Gasteiger partial charge in [-0.1, -0.05) is 23.7 Å². The van der Waals surface area contributed by atoms with Gasteiger partial charge in [-0.2, -0.15) is 5.10 Å². The number of rotatable bonds is 8. The molecular formula is C20H26ClN3O4. The van der Waals surface area contributed by atoms with E-state index in [0.717, 1.165) is 24.1 Å². The van der Waals surface area contributed by atoms with Crippen LogP contribution in [-0.2, 0) is 20.7 Å². The molecule has 1 aromatic carbocycles. The molecule has 1 aliphatic rings. The standard InChI is InChI=1S/C20H26ClN3O4/c1-27-19(13-20(25)23-26)17(12-14-2-4-15(21)5-3-14)18-6-9-22-24(18)16-7-10-28-11-8-16/h2-6,9,16-17,19,26H,7-8,10-13H2,1H3,(H,23,25)/t17-,19-/m1/s1. The minimum absolute atomic E-state index is 0.0458. The third-order valence-electron chi connectivity index (χ3n) is 5.25. The van der Waals surface area contributed by atoms with Crippen LogP contribution in [0.1, 0.15) is 42.5 Å². The lowest BCUT2D eigenvalue weighted by atomic mass is 9.88. The van der Waals surface area contributed by atoms with Gasteiger partial charge in [0.05, 0.1) is 18.6 Å². The van der Waals surface area contributed by atoms with Gasteiger partial charge in [0.1, 0.15) is 0 Å². The van der Waals surface area contributed by atoms with E-state index in [9.17, 15) is 4.79 Å². The van der Waals surface area contributed by atoms with Crippen LogP contribution in [0.5, 0.6) is 0 Å². The van der Waals surface area contributed by atoms with Crippen molar-refractivity contribution in [2.24, 2.45) is 0 Å². The van der Waals surface area contributed by atoms with Crippen molar-refractivity contribution in [2.45, 2.75) is 43.7 Å². The van der Waals surface area contributed by atoms with Gasteiger partial charge in [0.25, 0.3) is 0 Å². The van der Waals surface area contributed by atoms with Crippen molar-refractivity contribution in [3.63, 3.8) is 0 Å². The summed E-state index contributed by atoms with van der Waals surface area (Å²) in [5.74, 6) is -0.598. The maximum Gasteiger partial charge on any atom is 0.245 e. The lowest BCUT2D eigenvalue weighted by Gasteiger charge is -2.30. The summed E-state index contributed by atoms with van der Waals surface area (Å²) in [4.78, 5) is 11.8. The van der Waals surface area contributed by atoms with Crippen molar-refractivity contribution in [3.05, 3.63) is 52.8 Å². The molecule has 152 valence electrons. The molecule has 0 radical (unpaired) electrons. The Kier molecular flexibility index (Phi) is 7.44. The molecule has 28 heavy (non-hydrogen) atoms. The van der Waals surface area contributed by atoms with Crippen molar-refractivity contribution in [1.29, 1.82) is 0 Å². The fraction of sp³-hybridized carbons (Fsp3) is 0.500. The Morgan fingerprint density at radius 2 is 2.07 bits per heavy atom. The van der Waals surface area contributed by atoms with E-state index in [2.05, 4.69) is 5.10 Å². The van der Waals surface area contributed by atoms with E-state index in [1.54, 1.807) is 18.8 Å². The van der Waals surface area contributed by atoms with Gasteiger partial charge in [-0.25, -0.2) is 5.48 Å². The van der Waals surface area contributed by atoms with Crippen molar-refractivity contribution < 1.29 is 19.5 Å². The molecule has 0 bridgehead atoms. The number of halogens is 1. The summed E-state index contributed by atoms with van der Waals surface area (Å²) >= 11 is 6.02. The van der Waals surface area contributed by atoms with Crippen LogP contribution in [0.15, 0.2) is 36.5 Å². The highest BCUT2D eigenvalue weighted by molar-refractivity contribution is 6.30. The number of nitrogens with one attached hydrogen (secondary N) is 1. The highest BCUT2D eigenvalue weighted by atomic mass is 35.5. The second kappa shape index (κ2) is 10.0. The van der Waals surface area contributed by atoms with E-state index in [1.165, 1.54) is 0 Å². The number of aromatic nitrogens is 2. The lowest BCUT2D eigenvalue weighted by Crippen LogP contribution is -2.33. The van der Waals surface area contributed by atoms with Gasteiger partial charge < -0.3 is 9.47 Å². The maximum atomic E-state index is 11.8. The molecule has 1 aliphatic heterocycles. The number of hydrogen-bond donors (Lipinski definition) is 2. The third kappa shape index (κ3) is 5.11. The zero-order chi connectivity index (χ0) is 19.9. The minimum Gasteiger partial charge on any atom is -0.381 e. The molecule has 1 fully saturated rings. The van der Waals surface area contributed by atoms with Crippen molar-refractivity contribution in [1.82, 2.24) is 15.3 Å². The summed E-state index contributed by atoms with van der Waals surface area (Å²) < 4.78 is 13.2. The Morgan fingerprint density at radius 3 is 2.71 bits per heavy atom. The van der Waals surface area contributed by atoms with E-state index in [1.807, 2.05) is 35.0 Å². The number of carbonyl (C=O) groups is 1. The second-order valence-corrected chi connectivity index (χ2v) is 7.43. The van der Waals surface area contributed by atoms with E-state index < -0.39 is 12.0 Å². The molecule has 7 nitrogen and oxygen atoms in total. The Hall–Kier alpha value is -1.93. The van der Waals surface area contributed by atoms with Gasteiger partial charge in [0.15, 0.2) is 0 Å². The highest BCUT2D eigenvalue weighted by Crippen LogP contribution is 2.32. The Morgan fingerprint density at radius 1 is 1.36 bits per heavy atom. The van der Waals surface area contributed by atoms with Crippen LogP contribution in [-0.4, -0.2) is 47.3 Å². The predicted octanol–water partition coefficient (Wildman–Crippen LogP) is 3.12. The number of ether oxygens (including phenoxy) is 2. The maximum absolute atomic E-state index is 11.8. The van der Waals surface area contributed by atoms with Gasteiger partial charge in [0.2, 0.25) is 5.91 Å². The SMILES string of the molecule is CO[C@H](CC(=O)NO)[C@H](Cc1ccc(Cl)cc1)c1ccnn1C1CCOCC1. The molecule has 0 aliphatic carbocycles. The molecule has 2 heterocycles. The van der Waals surface area contributed by atoms with E-state index >= 15 is 0 Å². The average molecular weight is 408 g/mol. The first kappa shape index (κ1) is 20.8. The first-order valence-corrected chi connectivity index (χ1v) is 9.81. The molecule has 2 aromatic rings. The fourth-order valence-electron chi connectivity index (χ4n) is 3.77. The number of carbonyl (C=O) groups excluding carboxylic acids is 1. The van der Waals surface area contributed by atoms with Crippen LogP contribution in [0, 0.1) is 0 Å².